The van der Waals surface area contributed by atoms with Gasteiger partial charge in [0.2, 0.25) is 5.75 Å². The molecule has 1 heterocycles. The molecular weight excluding hydrogens is 392 g/mol. The maximum absolute atomic E-state index is 12.5. The standard InChI is InChI=1S/C26H34O5/c1-6-7-8-9-17-29-21-14-11-15-22-23(21)24(28-5)25(26(27)31-22)30-18-16-20(4)13-10-12-19(2)3/h7-8,11-12,14-16H,6,9-10,13,17-18H2,1-5H3/b8-7?,20-16+. The zero-order chi connectivity index (χ0) is 22.6. The minimum atomic E-state index is -0.567. The first-order valence-corrected chi connectivity index (χ1v) is 10.8. The highest BCUT2D eigenvalue weighted by molar-refractivity contribution is 5.91. The second kappa shape index (κ2) is 12.7. The summed E-state index contributed by atoms with van der Waals surface area (Å²) in [5.41, 5.74) is 2.35. The molecular formula is C26H34O5. The highest BCUT2D eigenvalue weighted by Gasteiger charge is 2.20. The first-order chi connectivity index (χ1) is 15.0. The summed E-state index contributed by atoms with van der Waals surface area (Å²) in [6.45, 7) is 9.11. The van der Waals surface area contributed by atoms with E-state index in [2.05, 4.69) is 45.9 Å². The fraction of sp³-hybridized carbons (Fsp3) is 0.423. The Morgan fingerprint density at radius 1 is 1.03 bits per heavy atom. The van der Waals surface area contributed by atoms with E-state index in [0.717, 1.165) is 25.7 Å². The Morgan fingerprint density at radius 2 is 1.84 bits per heavy atom. The molecule has 31 heavy (non-hydrogen) atoms. The normalized spacial score (nSPS) is 11.7. The Balaban J connectivity index is 2.23. The topological polar surface area (TPSA) is 57.9 Å². The second-order valence-corrected chi connectivity index (χ2v) is 7.58. The first-order valence-electron chi connectivity index (χ1n) is 10.8. The van der Waals surface area contributed by atoms with Crippen molar-refractivity contribution >= 4 is 11.0 Å². The third kappa shape index (κ3) is 7.35. The van der Waals surface area contributed by atoms with E-state index < -0.39 is 5.63 Å². The zero-order valence-electron chi connectivity index (χ0n) is 19.3. The lowest BCUT2D eigenvalue weighted by atomic mass is 10.1. The highest BCUT2D eigenvalue weighted by Crippen LogP contribution is 2.38. The van der Waals surface area contributed by atoms with Crippen molar-refractivity contribution in [1.82, 2.24) is 0 Å². The predicted molar refractivity (Wildman–Crippen MR) is 126 cm³/mol. The molecule has 0 spiro atoms. The van der Waals surface area contributed by atoms with Crippen LogP contribution in [0, 0.1) is 0 Å². The summed E-state index contributed by atoms with van der Waals surface area (Å²) in [5, 5.41) is 0.600. The summed E-state index contributed by atoms with van der Waals surface area (Å²) in [5.74, 6) is 0.994. The lowest BCUT2D eigenvalue weighted by molar-refractivity contribution is 0.304. The number of fused-ring (bicyclic) bond motifs is 1. The molecule has 168 valence electrons. The number of rotatable bonds is 12. The van der Waals surface area contributed by atoms with Crippen LogP contribution < -0.4 is 19.8 Å². The zero-order valence-corrected chi connectivity index (χ0v) is 19.3. The van der Waals surface area contributed by atoms with Gasteiger partial charge in [-0.05, 0) is 64.7 Å². The lowest BCUT2D eigenvalue weighted by Gasteiger charge is -2.14. The fourth-order valence-electron chi connectivity index (χ4n) is 3.09. The van der Waals surface area contributed by atoms with E-state index >= 15 is 0 Å². The van der Waals surface area contributed by atoms with Crippen molar-refractivity contribution < 1.29 is 18.6 Å². The maximum atomic E-state index is 12.5. The molecule has 0 fully saturated rings. The molecule has 0 amide bonds. The van der Waals surface area contributed by atoms with Gasteiger partial charge in [-0.2, -0.15) is 0 Å². The van der Waals surface area contributed by atoms with Gasteiger partial charge in [-0.1, -0.05) is 42.4 Å². The van der Waals surface area contributed by atoms with Gasteiger partial charge < -0.3 is 18.6 Å². The van der Waals surface area contributed by atoms with E-state index in [1.807, 2.05) is 12.1 Å². The molecule has 0 aliphatic carbocycles. The summed E-state index contributed by atoms with van der Waals surface area (Å²) in [6.07, 6.45) is 12.1. The Hall–Kier alpha value is -2.95. The van der Waals surface area contributed by atoms with Gasteiger partial charge in [0, 0.05) is 0 Å². The fourth-order valence-corrected chi connectivity index (χ4v) is 3.09. The molecule has 0 aliphatic heterocycles. The largest absolute Gasteiger partial charge is 0.492 e. The van der Waals surface area contributed by atoms with Gasteiger partial charge in [-0.3, -0.25) is 0 Å². The van der Waals surface area contributed by atoms with Crippen molar-refractivity contribution in [2.45, 2.75) is 53.4 Å². The van der Waals surface area contributed by atoms with Crippen LogP contribution in [0.1, 0.15) is 53.4 Å². The van der Waals surface area contributed by atoms with Crippen LogP contribution in [-0.4, -0.2) is 20.3 Å². The van der Waals surface area contributed by atoms with E-state index in [-0.39, 0.29) is 12.4 Å². The average molecular weight is 427 g/mol. The van der Waals surface area contributed by atoms with Crippen LogP contribution in [0.25, 0.3) is 11.0 Å². The Kier molecular flexibility index (Phi) is 9.95. The molecule has 2 rings (SSSR count). The molecule has 0 N–H and O–H groups in total. The van der Waals surface area contributed by atoms with Crippen molar-refractivity contribution in [3.8, 4) is 17.2 Å². The molecule has 5 nitrogen and oxygen atoms in total. The van der Waals surface area contributed by atoms with Gasteiger partial charge in [0.05, 0.1) is 13.7 Å². The van der Waals surface area contributed by atoms with Gasteiger partial charge in [0.25, 0.3) is 0 Å². The van der Waals surface area contributed by atoms with Crippen LogP contribution in [0.2, 0.25) is 0 Å². The third-order valence-corrected chi connectivity index (χ3v) is 4.71. The van der Waals surface area contributed by atoms with Crippen LogP contribution in [-0.2, 0) is 0 Å². The first kappa shape index (κ1) is 24.3. The number of benzene rings is 1. The smallest absolute Gasteiger partial charge is 0.383 e. The van der Waals surface area contributed by atoms with Crippen molar-refractivity contribution in [3.63, 3.8) is 0 Å². The molecule has 0 atom stereocenters. The number of ether oxygens (including phenoxy) is 3. The molecule has 1 aromatic carbocycles. The number of allylic oxidation sites excluding steroid dienone is 4. The number of methoxy groups -OCH3 is 1. The van der Waals surface area contributed by atoms with E-state index in [1.165, 1.54) is 18.3 Å². The summed E-state index contributed by atoms with van der Waals surface area (Å²) in [4.78, 5) is 12.5. The van der Waals surface area contributed by atoms with Gasteiger partial charge >= 0.3 is 5.63 Å². The second-order valence-electron chi connectivity index (χ2n) is 7.58. The van der Waals surface area contributed by atoms with Gasteiger partial charge in [0.1, 0.15) is 23.3 Å². The molecule has 0 aliphatic rings. The molecule has 0 bridgehead atoms. The SMILES string of the molecule is CCC=CCCOc1cccc2oc(=O)c(OC/C=C(\C)CCC=C(C)C)c(OC)c12. The van der Waals surface area contributed by atoms with E-state index in [0.29, 0.717) is 29.1 Å². The Morgan fingerprint density at radius 3 is 2.55 bits per heavy atom. The predicted octanol–water partition coefficient (Wildman–Crippen LogP) is 6.61. The van der Waals surface area contributed by atoms with Crippen LogP contribution in [0.3, 0.4) is 0 Å². The number of hydrogen-bond acceptors (Lipinski definition) is 5. The van der Waals surface area contributed by atoms with Crippen LogP contribution in [0.5, 0.6) is 17.2 Å². The molecule has 0 radical (unpaired) electrons. The van der Waals surface area contributed by atoms with Crippen molar-refractivity contribution in [2.75, 3.05) is 20.3 Å². The molecule has 0 saturated heterocycles. The molecule has 0 saturated carbocycles. The van der Waals surface area contributed by atoms with Crippen LogP contribution in [0.15, 0.2) is 62.9 Å². The lowest BCUT2D eigenvalue weighted by Crippen LogP contribution is -2.10. The third-order valence-electron chi connectivity index (χ3n) is 4.71. The number of hydrogen-bond donors (Lipinski definition) is 0. The average Bonchev–Trinajstić information content (AvgIpc) is 2.73. The minimum Gasteiger partial charge on any atom is -0.492 e. The van der Waals surface area contributed by atoms with E-state index in [1.54, 1.807) is 12.1 Å². The summed E-state index contributed by atoms with van der Waals surface area (Å²) in [6, 6.07) is 5.35. The van der Waals surface area contributed by atoms with Crippen LogP contribution in [0.4, 0.5) is 0 Å². The van der Waals surface area contributed by atoms with Gasteiger partial charge in [-0.25, -0.2) is 4.79 Å². The quantitative estimate of drug-likeness (QED) is 0.217. The van der Waals surface area contributed by atoms with Crippen molar-refractivity contribution in [2.24, 2.45) is 0 Å². The minimum absolute atomic E-state index is 0.0604. The van der Waals surface area contributed by atoms with Crippen molar-refractivity contribution in [3.05, 3.63) is 64.1 Å². The van der Waals surface area contributed by atoms with Gasteiger partial charge in [-0.15, -0.1) is 0 Å². The Labute approximate surface area is 185 Å². The molecule has 2 aromatic rings. The van der Waals surface area contributed by atoms with E-state index in [4.69, 9.17) is 18.6 Å². The van der Waals surface area contributed by atoms with E-state index in [9.17, 15) is 4.79 Å². The summed E-state index contributed by atoms with van der Waals surface area (Å²) >= 11 is 0. The molecule has 1 aromatic heterocycles. The maximum Gasteiger partial charge on any atom is 0.383 e. The van der Waals surface area contributed by atoms with Crippen molar-refractivity contribution in [1.29, 1.82) is 0 Å². The van der Waals surface area contributed by atoms with Gasteiger partial charge in [0.15, 0.2) is 5.75 Å². The molecule has 5 heteroatoms. The summed E-state index contributed by atoms with van der Waals surface area (Å²) in [7, 11) is 1.52. The monoisotopic (exact) mass is 426 g/mol. The molecule has 0 unspecified atom stereocenters. The van der Waals surface area contributed by atoms with Crippen LogP contribution >= 0.6 is 0 Å². The highest BCUT2D eigenvalue weighted by atomic mass is 16.5. The summed E-state index contributed by atoms with van der Waals surface area (Å²) < 4.78 is 22.8. The Bertz CT molecular complexity index is 991.